The van der Waals surface area contributed by atoms with E-state index < -0.39 is 5.92 Å². The SMILES string of the molecule is N#Cc1cnn(C2CCC(F)(F)C2)c1. The smallest absolute Gasteiger partial charge is 0.250 e. The normalized spacial score (nSPS) is 24.8. The largest absolute Gasteiger partial charge is 0.268 e. The summed E-state index contributed by atoms with van der Waals surface area (Å²) in [6, 6.07) is 1.66. The maximum atomic E-state index is 12.9. The van der Waals surface area contributed by atoms with Crippen molar-refractivity contribution in [1.29, 1.82) is 5.26 Å². The Hall–Kier alpha value is -1.44. The highest BCUT2D eigenvalue weighted by atomic mass is 19.3. The van der Waals surface area contributed by atoms with Crippen molar-refractivity contribution in [3.05, 3.63) is 18.0 Å². The molecule has 74 valence electrons. The number of halogens is 2. The molecular weight excluding hydrogens is 188 g/mol. The molecule has 1 unspecified atom stereocenters. The molecule has 1 saturated carbocycles. The Bertz CT molecular complexity index is 378. The maximum absolute atomic E-state index is 12.9. The first-order valence-corrected chi connectivity index (χ1v) is 4.43. The van der Waals surface area contributed by atoms with Gasteiger partial charge in [0, 0.05) is 19.0 Å². The molecule has 1 aromatic heterocycles. The first kappa shape index (κ1) is 9.13. The monoisotopic (exact) mass is 197 g/mol. The lowest BCUT2D eigenvalue weighted by atomic mass is 10.2. The minimum atomic E-state index is -2.57. The van der Waals surface area contributed by atoms with Crippen LogP contribution in [0.25, 0.3) is 0 Å². The van der Waals surface area contributed by atoms with Crippen LogP contribution in [0.4, 0.5) is 8.78 Å². The topological polar surface area (TPSA) is 41.6 Å². The van der Waals surface area contributed by atoms with Crippen LogP contribution in [0.5, 0.6) is 0 Å². The van der Waals surface area contributed by atoms with Crippen molar-refractivity contribution >= 4 is 0 Å². The highest BCUT2D eigenvalue weighted by Crippen LogP contribution is 2.41. The first-order chi connectivity index (χ1) is 6.61. The molecule has 0 spiro atoms. The lowest BCUT2D eigenvalue weighted by Crippen LogP contribution is -2.12. The molecule has 1 aromatic rings. The average Bonchev–Trinajstić information content (AvgIpc) is 2.70. The van der Waals surface area contributed by atoms with Gasteiger partial charge in [-0.15, -0.1) is 0 Å². The van der Waals surface area contributed by atoms with Crippen molar-refractivity contribution in [2.24, 2.45) is 0 Å². The van der Waals surface area contributed by atoms with Crippen molar-refractivity contribution in [1.82, 2.24) is 9.78 Å². The fraction of sp³-hybridized carbons (Fsp3) is 0.556. The Morgan fingerprint density at radius 3 is 2.93 bits per heavy atom. The van der Waals surface area contributed by atoms with E-state index >= 15 is 0 Å². The molecule has 0 N–H and O–H groups in total. The van der Waals surface area contributed by atoms with E-state index in [9.17, 15) is 8.78 Å². The van der Waals surface area contributed by atoms with Crippen LogP contribution in [-0.4, -0.2) is 15.7 Å². The van der Waals surface area contributed by atoms with Gasteiger partial charge in [0.25, 0.3) is 0 Å². The molecule has 0 aliphatic heterocycles. The number of hydrogen-bond acceptors (Lipinski definition) is 2. The van der Waals surface area contributed by atoms with Crippen molar-refractivity contribution < 1.29 is 8.78 Å². The minimum Gasteiger partial charge on any atom is -0.268 e. The lowest BCUT2D eigenvalue weighted by Gasteiger charge is -2.10. The van der Waals surface area contributed by atoms with E-state index in [0.717, 1.165) is 0 Å². The third kappa shape index (κ3) is 1.60. The van der Waals surface area contributed by atoms with E-state index in [0.29, 0.717) is 12.0 Å². The summed E-state index contributed by atoms with van der Waals surface area (Å²) < 4.78 is 27.2. The number of nitrogens with zero attached hydrogens (tertiary/aromatic N) is 3. The van der Waals surface area contributed by atoms with Crippen molar-refractivity contribution in [3.8, 4) is 6.07 Å². The molecule has 0 aromatic carbocycles. The van der Waals surface area contributed by atoms with Crippen molar-refractivity contribution in [2.45, 2.75) is 31.2 Å². The molecule has 0 amide bonds. The van der Waals surface area contributed by atoms with E-state index in [1.807, 2.05) is 6.07 Å². The van der Waals surface area contributed by atoms with Gasteiger partial charge >= 0.3 is 0 Å². The average molecular weight is 197 g/mol. The summed E-state index contributed by atoms with van der Waals surface area (Å²) in [7, 11) is 0. The maximum Gasteiger partial charge on any atom is 0.250 e. The Balaban J connectivity index is 2.14. The van der Waals surface area contributed by atoms with Gasteiger partial charge in [-0.05, 0) is 6.42 Å². The van der Waals surface area contributed by atoms with Crippen LogP contribution in [0.3, 0.4) is 0 Å². The zero-order valence-corrected chi connectivity index (χ0v) is 7.45. The van der Waals surface area contributed by atoms with E-state index in [2.05, 4.69) is 5.10 Å². The summed E-state index contributed by atoms with van der Waals surface area (Å²) in [5.74, 6) is -2.57. The second kappa shape index (κ2) is 3.05. The summed E-state index contributed by atoms with van der Waals surface area (Å²) in [4.78, 5) is 0. The van der Waals surface area contributed by atoms with E-state index in [1.165, 1.54) is 17.1 Å². The van der Waals surface area contributed by atoms with Gasteiger partial charge in [0.1, 0.15) is 6.07 Å². The highest BCUT2D eigenvalue weighted by Gasteiger charge is 2.40. The zero-order chi connectivity index (χ0) is 10.2. The second-order valence-electron chi connectivity index (χ2n) is 3.57. The third-order valence-corrected chi connectivity index (χ3v) is 2.48. The van der Waals surface area contributed by atoms with Gasteiger partial charge in [-0.1, -0.05) is 0 Å². The molecule has 1 heterocycles. The van der Waals surface area contributed by atoms with Crippen molar-refractivity contribution in [3.63, 3.8) is 0 Å². The Kier molecular flexibility index (Phi) is 1.99. The van der Waals surface area contributed by atoms with Crippen LogP contribution in [0, 0.1) is 11.3 Å². The fourth-order valence-electron chi connectivity index (χ4n) is 1.75. The first-order valence-electron chi connectivity index (χ1n) is 4.43. The predicted molar refractivity (Wildman–Crippen MR) is 44.8 cm³/mol. The molecular formula is C9H9F2N3. The lowest BCUT2D eigenvalue weighted by molar-refractivity contribution is 0.00518. The molecule has 1 atom stereocenters. The second-order valence-corrected chi connectivity index (χ2v) is 3.57. The summed E-state index contributed by atoms with van der Waals surface area (Å²) in [5, 5.41) is 12.4. The predicted octanol–water partition coefficient (Wildman–Crippen LogP) is 2.12. The molecule has 0 bridgehead atoms. The quantitative estimate of drug-likeness (QED) is 0.691. The number of aromatic nitrogens is 2. The number of alkyl halides is 2. The minimum absolute atomic E-state index is 0.0839. The van der Waals surface area contributed by atoms with Gasteiger partial charge in [-0.3, -0.25) is 4.68 Å². The van der Waals surface area contributed by atoms with E-state index in [-0.39, 0.29) is 18.9 Å². The molecule has 1 aliphatic carbocycles. The Morgan fingerprint density at radius 1 is 1.64 bits per heavy atom. The third-order valence-electron chi connectivity index (χ3n) is 2.48. The van der Waals surface area contributed by atoms with Gasteiger partial charge in [0.15, 0.2) is 0 Å². The summed E-state index contributed by atoms with van der Waals surface area (Å²) in [6.07, 6.45) is 3.10. The summed E-state index contributed by atoms with van der Waals surface area (Å²) in [5.41, 5.74) is 0.417. The molecule has 5 heteroatoms. The van der Waals surface area contributed by atoms with Crippen LogP contribution in [-0.2, 0) is 0 Å². The van der Waals surface area contributed by atoms with Gasteiger partial charge in [-0.2, -0.15) is 10.4 Å². The van der Waals surface area contributed by atoms with Gasteiger partial charge < -0.3 is 0 Å². The fourth-order valence-corrected chi connectivity index (χ4v) is 1.75. The Labute approximate surface area is 79.9 Å². The van der Waals surface area contributed by atoms with Crippen LogP contribution < -0.4 is 0 Å². The summed E-state index contributed by atoms with van der Waals surface area (Å²) >= 11 is 0. The van der Waals surface area contributed by atoms with E-state index in [4.69, 9.17) is 5.26 Å². The molecule has 1 aliphatic rings. The van der Waals surface area contributed by atoms with E-state index in [1.54, 1.807) is 0 Å². The van der Waals surface area contributed by atoms with Crippen LogP contribution in [0.1, 0.15) is 30.9 Å². The zero-order valence-electron chi connectivity index (χ0n) is 7.45. The van der Waals surface area contributed by atoms with Gasteiger partial charge in [0.05, 0.1) is 17.8 Å². The van der Waals surface area contributed by atoms with Gasteiger partial charge in [0.2, 0.25) is 5.92 Å². The number of nitriles is 1. The Morgan fingerprint density at radius 2 is 2.43 bits per heavy atom. The molecule has 14 heavy (non-hydrogen) atoms. The molecule has 2 rings (SSSR count). The van der Waals surface area contributed by atoms with Crippen molar-refractivity contribution in [2.75, 3.05) is 0 Å². The number of rotatable bonds is 1. The standard InChI is InChI=1S/C9H9F2N3/c10-9(11)2-1-8(3-9)14-6-7(4-12)5-13-14/h5-6,8H,1-3H2. The highest BCUT2D eigenvalue weighted by molar-refractivity contribution is 5.22. The van der Waals surface area contributed by atoms with Gasteiger partial charge in [-0.25, -0.2) is 8.78 Å². The van der Waals surface area contributed by atoms with Crippen LogP contribution in [0.2, 0.25) is 0 Å². The summed E-state index contributed by atoms with van der Waals surface area (Å²) in [6.45, 7) is 0. The molecule has 3 nitrogen and oxygen atoms in total. The molecule has 0 radical (unpaired) electrons. The van der Waals surface area contributed by atoms with Crippen LogP contribution in [0.15, 0.2) is 12.4 Å². The molecule has 0 saturated heterocycles. The number of hydrogen-bond donors (Lipinski definition) is 0. The molecule has 1 fully saturated rings. The van der Waals surface area contributed by atoms with Crippen LogP contribution >= 0.6 is 0 Å².